The van der Waals surface area contributed by atoms with Crippen LogP contribution in [-0.2, 0) is 17.1 Å². The molecular formula is C24H22N4O2S2. The fourth-order valence-corrected chi connectivity index (χ4v) is 5.02. The zero-order valence-electron chi connectivity index (χ0n) is 17.3. The van der Waals surface area contributed by atoms with Crippen molar-refractivity contribution in [1.82, 2.24) is 20.6 Å². The van der Waals surface area contributed by atoms with E-state index in [0.717, 1.165) is 26.7 Å². The summed E-state index contributed by atoms with van der Waals surface area (Å²) in [7, 11) is 0. The van der Waals surface area contributed by atoms with Gasteiger partial charge in [-0.05, 0) is 47.5 Å². The summed E-state index contributed by atoms with van der Waals surface area (Å²) in [5.74, 6) is 0.501. The molecule has 2 amide bonds. The number of pyridine rings is 1. The van der Waals surface area contributed by atoms with Crippen LogP contribution in [0.15, 0.2) is 77.4 Å². The predicted octanol–water partition coefficient (Wildman–Crippen LogP) is 4.42. The van der Waals surface area contributed by atoms with E-state index in [9.17, 15) is 9.59 Å². The van der Waals surface area contributed by atoms with Gasteiger partial charge in [-0.25, -0.2) is 4.98 Å². The van der Waals surface area contributed by atoms with Gasteiger partial charge >= 0.3 is 0 Å². The molecule has 0 saturated heterocycles. The number of hydrogen-bond acceptors (Lipinski definition) is 6. The van der Waals surface area contributed by atoms with Crippen LogP contribution in [0.25, 0.3) is 10.2 Å². The molecule has 0 fully saturated rings. The molecule has 0 saturated carbocycles. The average Bonchev–Trinajstić information content (AvgIpc) is 3.25. The van der Waals surface area contributed by atoms with Gasteiger partial charge in [0.2, 0.25) is 5.91 Å². The second-order valence-electron chi connectivity index (χ2n) is 7.07. The van der Waals surface area contributed by atoms with Crippen molar-refractivity contribution >= 4 is 45.1 Å². The first-order chi connectivity index (χ1) is 15.7. The summed E-state index contributed by atoms with van der Waals surface area (Å²) in [5, 5.41) is 5.63. The number of nitrogens with one attached hydrogen (secondary N) is 2. The van der Waals surface area contributed by atoms with Crippen LogP contribution in [0.2, 0.25) is 0 Å². The molecule has 0 spiro atoms. The Bertz CT molecular complexity index is 1160. The van der Waals surface area contributed by atoms with E-state index in [1.807, 2.05) is 54.6 Å². The van der Waals surface area contributed by atoms with Crippen LogP contribution in [0.4, 0.5) is 0 Å². The number of aromatic nitrogens is 2. The van der Waals surface area contributed by atoms with Crippen LogP contribution in [0.5, 0.6) is 0 Å². The standard InChI is InChI=1S/C24H22N4O2S2/c29-22(27-15-17-9-12-25-13-10-17)11-14-26-23(30)19-7-5-18(6-8-19)16-31-24-28-20-3-1-2-4-21(20)32-24/h1-10,12-13H,11,14-16H2,(H,26,30)(H,27,29). The minimum Gasteiger partial charge on any atom is -0.352 e. The van der Waals surface area contributed by atoms with Gasteiger partial charge in [0, 0.05) is 43.2 Å². The number of rotatable bonds is 9. The normalized spacial score (nSPS) is 10.8. The van der Waals surface area contributed by atoms with E-state index in [2.05, 4.69) is 26.7 Å². The van der Waals surface area contributed by atoms with Crippen LogP contribution in [0.1, 0.15) is 27.9 Å². The van der Waals surface area contributed by atoms with Gasteiger partial charge in [-0.15, -0.1) is 11.3 Å². The number of para-hydroxylation sites is 1. The molecule has 0 radical (unpaired) electrons. The van der Waals surface area contributed by atoms with Crippen LogP contribution in [0, 0.1) is 0 Å². The van der Waals surface area contributed by atoms with Gasteiger partial charge < -0.3 is 10.6 Å². The molecule has 2 aromatic heterocycles. The first-order valence-electron chi connectivity index (χ1n) is 10.2. The Morgan fingerprint density at radius 1 is 0.906 bits per heavy atom. The summed E-state index contributed by atoms with van der Waals surface area (Å²) in [6.45, 7) is 0.738. The maximum atomic E-state index is 12.3. The first kappa shape index (κ1) is 22.0. The zero-order chi connectivity index (χ0) is 22.2. The van der Waals surface area contributed by atoms with Crippen molar-refractivity contribution in [1.29, 1.82) is 0 Å². The molecule has 2 N–H and O–H groups in total. The molecule has 0 bridgehead atoms. The monoisotopic (exact) mass is 462 g/mol. The number of carbonyl (C=O) groups excluding carboxylic acids is 2. The van der Waals surface area contributed by atoms with Gasteiger partial charge in [-0.1, -0.05) is 36.0 Å². The average molecular weight is 463 g/mol. The second-order valence-corrected chi connectivity index (χ2v) is 9.32. The van der Waals surface area contributed by atoms with E-state index < -0.39 is 0 Å². The lowest BCUT2D eigenvalue weighted by atomic mass is 10.1. The number of fused-ring (bicyclic) bond motifs is 1. The molecule has 4 rings (SSSR count). The molecule has 0 aliphatic rings. The molecule has 8 heteroatoms. The quantitative estimate of drug-likeness (QED) is 0.360. The van der Waals surface area contributed by atoms with Crippen molar-refractivity contribution in [3.8, 4) is 0 Å². The Balaban J connectivity index is 1.19. The van der Waals surface area contributed by atoms with E-state index in [1.165, 1.54) is 4.70 Å². The predicted molar refractivity (Wildman–Crippen MR) is 129 cm³/mol. The van der Waals surface area contributed by atoms with Crippen LogP contribution >= 0.6 is 23.1 Å². The molecule has 32 heavy (non-hydrogen) atoms. The van der Waals surface area contributed by atoms with E-state index >= 15 is 0 Å². The molecule has 6 nitrogen and oxygen atoms in total. The van der Waals surface area contributed by atoms with Gasteiger partial charge in [0.05, 0.1) is 10.2 Å². The second kappa shape index (κ2) is 10.9. The number of amides is 2. The fraction of sp³-hybridized carbons (Fsp3) is 0.167. The molecule has 0 unspecified atom stereocenters. The van der Waals surface area contributed by atoms with Crippen LogP contribution < -0.4 is 10.6 Å². The molecule has 162 valence electrons. The van der Waals surface area contributed by atoms with E-state index in [1.54, 1.807) is 35.5 Å². The van der Waals surface area contributed by atoms with Gasteiger partial charge in [0.25, 0.3) is 5.91 Å². The molecule has 0 atom stereocenters. The maximum Gasteiger partial charge on any atom is 0.251 e. The van der Waals surface area contributed by atoms with Crippen LogP contribution in [0.3, 0.4) is 0 Å². The lowest BCUT2D eigenvalue weighted by Crippen LogP contribution is -2.30. The number of benzene rings is 2. The molecule has 2 heterocycles. The minimum absolute atomic E-state index is 0.107. The third-order valence-electron chi connectivity index (χ3n) is 4.73. The molecule has 2 aromatic carbocycles. The van der Waals surface area contributed by atoms with Gasteiger partial charge in [0.1, 0.15) is 0 Å². The highest BCUT2D eigenvalue weighted by molar-refractivity contribution is 8.00. The Hall–Kier alpha value is -3.23. The van der Waals surface area contributed by atoms with Gasteiger partial charge in [-0.3, -0.25) is 14.6 Å². The number of thiazole rings is 1. The highest BCUT2D eigenvalue weighted by Crippen LogP contribution is 2.31. The fourth-order valence-electron chi connectivity index (χ4n) is 2.99. The minimum atomic E-state index is -0.183. The van der Waals surface area contributed by atoms with E-state index in [-0.39, 0.29) is 24.8 Å². The third-order valence-corrected chi connectivity index (χ3v) is 6.98. The summed E-state index contributed by atoms with van der Waals surface area (Å²) >= 11 is 3.38. The molecule has 4 aromatic rings. The van der Waals surface area contributed by atoms with Crippen molar-refractivity contribution in [2.45, 2.75) is 23.1 Å². The summed E-state index contributed by atoms with van der Waals surface area (Å²) in [5.41, 5.74) is 3.72. The number of hydrogen-bond donors (Lipinski definition) is 2. The summed E-state index contributed by atoms with van der Waals surface area (Å²) in [4.78, 5) is 32.9. The van der Waals surface area contributed by atoms with Gasteiger partial charge in [0.15, 0.2) is 4.34 Å². The number of nitrogens with zero attached hydrogens (tertiary/aromatic N) is 2. The molecule has 0 aliphatic heterocycles. The SMILES string of the molecule is O=C(CCNC(=O)c1ccc(CSc2nc3ccccc3s2)cc1)NCc1ccncc1. The Morgan fingerprint density at radius 2 is 1.69 bits per heavy atom. The summed E-state index contributed by atoms with van der Waals surface area (Å²) in [6.07, 6.45) is 3.60. The van der Waals surface area contributed by atoms with E-state index in [4.69, 9.17) is 0 Å². The Labute approximate surface area is 194 Å². The smallest absolute Gasteiger partial charge is 0.251 e. The third kappa shape index (κ3) is 6.15. The number of thioether (sulfide) groups is 1. The highest BCUT2D eigenvalue weighted by Gasteiger charge is 2.08. The largest absolute Gasteiger partial charge is 0.352 e. The van der Waals surface area contributed by atoms with Gasteiger partial charge in [-0.2, -0.15) is 0 Å². The zero-order valence-corrected chi connectivity index (χ0v) is 18.9. The van der Waals surface area contributed by atoms with Crippen molar-refractivity contribution < 1.29 is 9.59 Å². The van der Waals surface area contributed by atoms with Crippen LogP contribution in [-0.4, -0.2) is 28.3 Å². The summed E-state index contributed by atoms with van der Waals surface area (Å²) in [6, 6.07) is 19.4. The van der Waals surface area contributed by atoms with Crippen molar-refractivity contribution in [3.05, 3.63) is 89.7 Å². The summed E-state index contributed by atoms with van der Waals surface area (Å²) < 4.78 is 2.23. The van der Waals surface area contributed by atoms with Crippen molar-refractivity contribution in [2.24, 2.45) is 0 Å². The molecule has 0 aliphatic carbocycles. The lowest BCUT2D eigenvalue weighted by molar-refractivity contribution is -0.121. The maximum absolute atomic E-state index is 12.3. The molecular weight excluding hydrogens is 440 g/mol. The van der Waals surface area contributed by atoms with E-state index in [0.29, 0.717) is 12.1 Å². The first-order valence-corrected chi connectivity index (χ1v) is 12.0. The Morgan fingerprint density at radius 3 is 2.47 bits per heavy atom. The van der Waals surface area contributed by atoms with Crippen molar-refractivity contribution in [3.63, 3.8) is 0 Å². The lowest BCUT2D eigenvalue weighted by Gasteiger charge is -2.07. The Kier molecular flexibility index (Phi) is 7.47. The van der Waals surface area contributed by atoms with Crippen molar-refractivity contribution in [2.75, 3.05) is 6.54 Å². The number of carbonyl (C=O) groups is 2. The topological polar surface area (TPSA) is 84.0 Å². The highest BCUT2D eigenvalue weighted by atomic mass is 32.2.